The number of aromatic nitrogens is 1. The lowest BCUT2D eigenvalue weighted by Crippen LogP contribution is -1.92. The molecular weight excluding hydrogens is 152 g/mol. The van der Waals surface area contributed by atoms with Crippen LogP contribution in [0.5, 0.6) is 0 Å². The second-order valence-corrected chi connectivity index (χ2v) is 2.69. The van der Waals surface area contributed by atoms with Crippen molar-refractivity contribution in [2.45, 2.75) is 13.3 Å². The van der Waals surface area contributed by atoms with E-state index in [1.54, 1.807) is 0 Å². The summed E-state index contributed by atoms with van der Waals surface area (Å²) in [6, 6.07) is 3.73. The van der Waals surface area contributed by atoms with Gasteiger partial charge in [0.1, 0.15) is 5.52 Å². The highest BCUT2D eigenvalue weighted by atomic mass is 16.3. The molecule has 0 aliphatic heterocycles. The number of hydrogen-bond donors (Lipinski definition) is 1. The number of rotatable bonds is 1. The van der Waals surface area contributed by atoms with E-state index in [1.807, 2.05) is 19.1 Å². The smallest absolute Gasteiger partial charge is 0.181 e. The van der Waals surface area contributed by atoms with Crippen molar-refractivity contribution in [3.63, 3.8) is 0 Å². The van der Waals surface area contributed by atoms with E-state index >= 15 is 0 Å². The van der Waals surface area contributed by atoms with Gasteiger partial charge in [0.15, 0.2) is 12.0 Å². The summed E-state index contributed by atoms with van der Waals surface area (Å²) >= 11 is 0. The number of nitrogens with two attached hydrogens (primary N) is 1. The summed E-state index contributed by atoms with van der Waals surface area (Å²) in [7, 11) is 0. The van der Waals surface area contributed by atoms with Gasteiger partial charge in [-0.15, -0.1) is 0 Å². The fraction of sp³-hybridized carbons (Fsp3) is 0.222. The molecule has 0 aliphatic carbocycles. The molecule has 2 N–H and O–H groups in total. The lowest BCUT2D eigenvalue weighted by Gasteiger charge is -2.00. The quantitative estimate of drug-likeness (QED) is 0.652. The van der Waals surface area contributed by atoms with Crippen LogP contribution in [0.15, 0.2) is 22.9 Å². The predicted octanol–water partition coefficient (Wildman–Crippen LogP) is 1.97. The number of hydrogen-bond acceptors (Lipinski definition) is 3. The molecular formula is C9H10N2O. The Morgan fingerprint density at radius 2 is 2.33 bits per heavy atom. The molecule has 0 spiro atoms. The molecule has 0 aliphatic rings. The monoisotopic (exact) mass is 162 g/mol. The van der Waals surface area contributed by atoms with Gasteiger partial charge in [0.05, 0.1) is 0 Å². The van der Waals surface area contributed by atoms with E-state index < -0.39 is 0 Å². The largest absolute Gasteiger partial charge is 0.443 e. The van der Waals surface area contributed by atoms with E-state index in [4.69, 9.17) is 10.2 Å². The average Bonchev–Trinajstić information content (AvgIpc) is 2.52. The van der Waals surface area contributed by atoms with Crippen LogP contribution in [0.2, 0.25) is 0 Å². The van der Waals surface area contributed by atoms with Crippen molar-refractivity contribution < 1.29 is 4.42 Å². The van der Waals surface area contributed by atoms with Crippen LogP contribution in [0.25, 0.3) is 11.1 Å². The zero-order valence-electron chi connectivity index (χ0n) is 6.87. The van der Waals surface area contributed by atoms with Crippen LogP contribution in [-0.2, 0) is 6.42 Å². The summed E-state index contributed by atoms with van der Waals surface area (Å²) in [6.45, 7) is 2.05. The van der Waals surface area contributed by atoms with Gasteiger partial charge >= 0.3 is 0 Å². The van der Waals surface area contributed by atoms with E-state index in [0.29, 0.717) is 0 Å². The van der Waals surface area contributed by atoms with Gasteiger partial charge < -0.3 is 10.2 Å². The highest BCUT2D eigenvalue weighted by Crippen LogP contribution is 2.23. The van der Waals surface area contributed by atoms with Gasteiger partial charge in [0.25, 0.3) is 0 Å². The van der Waals surface area contributed by atoms with Crippen LogP contribution >= 0.6 is 0 Å². The molecule has 0 bridgehead atoms. The van der Waals surface area contributed by atoms with Gasteiger partial charge in [-0.3, -0.25) is 0 Å². The first-order chi connectivity index (χ1) is 5.83. The number of nitrogens with zero attached hydrogens (tertiary/aromatic N) is 1. The number of anilines is 1. The Hall–Kier alpha value is -1.51. The maximum Gasteiger partial charge on any atom is 0.181 e. The average molecular weight is 162 g/mol. The Balaban J connectivity index is 2.83. The first-order valence-corrected chi connectivity index (χ1v) is 3.93. The minimum atomic E-state index is 0.779. The minimum Gasteiger partial charge on any atom is -0.443 e. The Labute approximate surface area is 70.2 Å². The molecule has 0 saturated carbocycles. The van der Waals surface area contributed by atoms with Crippen LogP contribution in [0, 0.1) is 0 Å². The topological polar surface area (TPSA) is 52.0 Å². The van der Waals surface area contributed by atoms with Gasteiger partial charge in [-0.2, -0.15) is 0 Å². The second kappa shape index (κ2) is 2.52. The Morgan fingerprint density at radius 3 is 3.08 bits per heavy atom. The molecule has 62 valence electrons. The number of benzene rings is 1. The third-order valence-electron chi connectivity index (χ3n) is 1.99. The molecule has 2 aromatic rings. The molecule has 1 heterocycles. The molecule has 0 amide bonds. The lowest BCUT2D eigenvalue weighted by atomic mass is 10.1. The lowest BCUT2D eigenvalue weighted by molar-refractivity contribution is 0.598. The molecule has 2 rings (SSSR count). The summed E-state index contributed by atoms with van der Waals surface area (Å²) in [4.78, 5) is 4.05. The van der Waals surface area contributed by atoms with Crippen molar-refractivity contribution >= 4 is 16.8 Å². The van der Waals surface area contributed by atoms with Crippen molar-refractivity contribution in [2.75, 3.05) is 5.73 Å². The summed E-state index contributed by atoms with van der Waals surface area (Å²) in [6.07, 6.45) is 2.32. The summed E-state index contributed by atoms with van der Waals surface area (Å²) in [5.41, 5.74) is 9.29. The normalized spacial score (nSPS) is 10.8. The van der Waals surface area contributed by atoms with Crippen LogP contribution in [0.4, 0.5) is 5.69 Å². The zero-order chi connectivity index (χ0) is 8.55. The molecule has 3 nitrogen and oxygen atoms in total. The SMILES string of the molecule is CCc1c(N)ccc2ncoc12. The fourth-order valence-electron chi connectivity index (χ4n) is 1.36. The summed E-state index contributed by atoms with van der Waals surface area (Å²) in [5, 5.41) is 0. The van der Waals surface area contributed by atoms with E-state index in [-0.39, 0.29) is 0 Å². The first-order valence-electron chi connectivity index (χ1n) is 3.93. The third kappa shape index (κ3) is 0.863. The van der Waals surface area contributed by atoms with Gasteiger partial charge in [-0.05, 0) is 18.6 Å². The Bertz CT molecular complexity index is 406. The molecule has 1 aromatic heterocycles. The highest BCUT2D eigenvalue weighted by Gasteiger charge is 2.06. The number of aryl methyl sites for hydroxylation is 1. The highest BCUT2D eigenvalue weighted by molar-refractivity contribution is 5.81. The van der Waals surface area contributed by atoms with Crippen LogP contribution in [-0.4, -0.2) is 4.98 Å². The zero-order valence-corrected chi connectivity index (χ0v) is 6.87. The van der Waals surface area contributed by atoms with Crippen molar-refractivity contribution in [3.8, 4) is 0 Å². The second-order valence-electron chi connectivity index (χ2n) is 2.69. The fourth-order valence-corrected chi connectivity index (χ4v) is 1.36. The van der Waals surface area contributed by atoms with Crippen LogP contribution in [0.1, 0.15) is 12.5 Å². The van der Waals surface area contributed by atoms with Crippen molar-refractivity contribution in [1.29, 1.82) is 0 Å². The first kappa shape index (κ1) is 7.16. The summed E-state index contributed by atoms with van der Waals surface area (Å²) in [5.74, 6) is 0. The molecule has 3 heteroatoms. The molecule has 0 atom stereocenters. The maximum absolute atomic E-state index is 5.77. The number of fused-ring (bicyclic) bond motifs is 1. The number of nitrogen functional groups attached to an aromatic ring is 1. The molecule has 0 fully saturated rings. The minimum absolute atomic E-state index is 0.779. The van der Waals surface area contributed by atoms with E-state index in [1.165, 1.54) is 6.39 Å². The standard InChI is InChI=1S/C9H10N2O/c1-2-6-7(10)3-4-8-9(6)12-5-11-8/h3-5H,2,10H2,1H3. The predicted molar refractivity (Wildman–Crippen MR) is 47.8 cm³/mol. The van der Waals surface area contributed by atoms with E-state index in [9.17, 15) is 0 Å². The van der Waals surface area contributed by atoms with Gasteiger partial charge in [-0.25, -0.2) is 4.98 Å². The third-order valence-corrected chi connectivity index (χ3v) is 1.99. The van der Waals surface area contributed by atoms with E-state index in [0.717, 1.165) is 28.8 Å². The van der Waals surface area contributed by atoms with Crippen molar-refractivity contribution in [1.82, 2.24) is 4.98 Å². The van der Waals surface area contributed by atoms with Crippen molar-refractivity contribution in [2.24, 2.45) is 0 Å². The van der Waals surface area contributed by atoms with Gasteiger partial charge in [-0.1, -0.05) is 6.92 Å². The summed E-state index contributed by atoms with van der Waals surface area (Å²) < 4.78 is 5.23. The Morgan fingerprint density at radius 1 is 1.50 bits per heavy atom. The van der Waals surface area contributed by atoms with Gasteiger partial charge in [0.2, 0.25) is 0 Å². The van der Waals surface area contributed by atoms with Crippen molar-refractivity contribution in [3.05, 3.63) is 24.1 Å². The van der Waals surface area contributed by atoms with Crippen LogP contribution in [0.3, 0.4) is 0 Å². The van der Waals surface area contributed by atoms with Gasteiger partial charge in [0, 0.05) is 11.3 Å². The Kier molecular flexibility index (Phi) is 1.50. The van der Waals surface area contributed by atoms with E-state index in [2.05, 4.69) is 4.98 Å². The number of oxazole rings is 1. The maximum atomic E-state index is 5.77. The van der Waals surface area contributed by atoms with Crippen LogP contribution < -0.4 is 5.73 Å². The molecule has 12 heavy (non-hydrogen) atoms. The molecule has 1 aromatic carbocycles. The molecule has 0 saturated heterocycles. The molecule has 0 unspecified atom stereocenters. The molecule has 0 radical (unpaired) electrons.